The Labute approximate surface area is 150 Å². The van der Waals surface area contributed by atoms with Gasteiger partial charge in [0, 0.05) is 22.7 Å². The topological polar surface area (TPSA) is 63.1 Å². The predicted octanol–water partition coefficient (Wildman–Crippen LogP) is 4.69. The molecule has 0 fully saturated rings. The standard InChI is InChI=1S/C22H16N2O2/c1-14-19(13-16-6-4-12-23-22(16)24-14)21(26)11-9-18-17-7-3-2-5-15(17)8-10-20(18)25/h2-13,25H,1H3/b11-9+. The van der Waals surface area contributed by atoms with E-state index in [2.05, 4.69) is 9.97 Å². The lowest BCUT2D eigenvalue weighted by atomic mass is 10.0. The molecular formula is C22H16N2O2. The number of carbonyl (C=O) groups excluding carboxylic acids is 1. The van der Waals surface area contributed by atoms with Gasteiger partial charge in [0.1, 0.15) is 5.75 Å². The van der Waals surface area contributed by atoms with Gasteiger partial charge in [0.05, 0.1) is 5.69 Å². The molecule has 2 heterocycles. The number of ketones is 1. The second-order valence-electron chi connectivity index (χ2n) is 6.09. The molecule has 4 nitrogen and oxygen atoms in total. The zero-order chi connectivity index (χ0) is 18.1. The quantitative estimate of drug-likeness (QED) is 0.434. The molecule has 0 bridgehead atoms. The first-order valence-electron chi connectivity index (χ1n) is 8.29. The molecule has 26 heavy (non-hydrogen) atoms. The van der Waals surface area contributed by atoms with Crippen molar-refractivity contribution in [3.63, 3.8) is 0 Å². The third-order valence-corrected chi connectivity index (χ3v) is 4.39. The lowest BCUT2D eigenvalue weighted by Crippen LogP contribution is -2.01. The predicted molar refractivity (Wildman–Crippen MR) is 103 cm³/mol. The molecule has 2 aromatic heterocycles. The van der Waals surface area contributed by atoms with Gasteiger partial charge >= 0.3 is 0 Å². The summed E-state index contributed by atoms with van der Waals surface area (Å²) < 4.78 is 0. The van der Waals surface area contributed by atoms with E-state index in [1.807, 2.05) is 42.5 Å². The summed E-state index contributed by atoms with van der Waals surface area (Å²) >= 11 is 0. The van der Waals surface area contributed by atoms with Crippen molar-refractivity contribution in [2.24, 2.45) is 0 Å². The third-order valence-electron chi connectivity index (χ3n) is 4.39. The van der Waals surface area contributed by atoms with Crippen molar-refractivity contribution >= 4 is 33.7 Å². The Hall–Kier alpha value is -3.53. The van der Waals surface area contributed by atoms with E-state index in [0.717, 1.165) is 16.2 Å². The molecule has 0 spiro atoms. The van der Waals surface area contributed by atoms with Crippen molar-refractivity contribution in [1.82, 2.24) is 9.97 Å². The van der Waals surface area contributed by atoms with Crippen LogP contribution in [0.25, 0.3) is 27.9 Å². The molecular weight excluding hydrogens is 324 g/mol. The Morgan fingerprint density at radius 2 is 1.85 bits per heavy atom. The van der Waals surface area contributed by atoms with Crippen LogP contribution >= 0.6 is 0 Å². The molecule has 0 unspecified atom stereocenters. The number of benzene rings is 2. The number of aromatic hydroxyl groups is 1. The number of rotatable bonds is 3. The van der Waals surface area contributed by atoms with Gasteiger partial charge in [0.15, 0.2) is 11.4 Å². The minimum atomic E-state index is -0.159. The van der Waals surface area contributed by atoms with Crippen LogP contribution in [0.3, 0.4) is 0 Å². The van der Waals surface area contributed by atoms with Gasteiger partial charge < -0.3 is 5.11 Å². The van der Waals surface area contributed by atoms with Crippen molar-refractivity contribution in [3.05, 3.63) is 83.7 Å². The van der Waals surface area contributed by atoms with Crippen LogP contribution in [0.15, 0.2) is 66.9 Å². The number of aromatic nitrogens is 2. The number of carbonyl (C=O) groups is 1. The molecule has 0 atom stereocenters. The fraction of sp³-hybridized carbons (Fsp3) is 0.0455. The minimum Gasteiger partial charge on any atom is -0.507 e. The molecule has 2 aromatic carbocycles. The van der Waals surface area contributed by atoms with Crippen molar-refractivity contribution < 1.29 is 9.90 Å². The molecule has 0 aliphatic carbocycles. The molecule has 4 aromatic rings. The SMILES string of the molecule is Cc1nc2ncccc2cc1C(=O)/C=C/c1c(O)ccc2ccccc12. The van der Waals surface area contributed by atoms with Gasteiger partial charge in [-0.05, 0) is 54.1 Å². The van der Waals surface area contributed by atoms with Gasteiger partial charge in [0.25, 0.3) is 0 Å². The first-order chi connectivity index (χ1) is 12.6. The van der Waals surface area contributed by atoms with Crippen LogP contribution < -0.4 is 0 Å². The molecule has 4 rings (SSSR count). The van der Waals surface area contributed by atoms with Crippen molar-refractivity contribution in [2.75, 3.05) is 0 Å². The van der Waals surface area contributed by atoms with Crippen molar-refractivity contribution in [3.8, 4) is 5.75 Å². The summed E-state index contributed by atoms with van der Waals surface area (Å²) in [5.74, 6) is -0.0154. The van der Waals surface area contributed by atoms with E-state index in [-0.39, 0.29) is 11.5 Å². The zero-order valence-electron chi connectivity index (χ0n) is 14.2. The highest BCUT2D eigenvalue weighted by atomic mass is 16.3. The van der Waals surface area contributed by atoms with Gasteiger partial charge in [-0.3, -0.25) is 4.79 Å². The van der Waals surface area contributed by atoms with Gasteiger partial charge in [0.2, 0.25) is 0 Å². The van der Waals surface area contributed by atoms with E-state index in [1.165, 1.54) is 6.08 Å². The molecule has 0 radical (unpaired) electrons. The summed E-state index contributed by atoms with van der Waals surface area (Å²) in [6.45, 7) is 1.80. The lowest BCUT2D eigenvalue weighted by molar-refractivity contribution is 0.104. The lowest BCUT2D eigenvalue weighted by Gasteiger charge is -2.06. The number of phenols is 1. The molecule has 126 valence electrons. The largest absolute Gasteiger partial charge is 0.507 e. The summed E-state index contributed by atoms with van der Waals surface area (Å²) in [5, 5.41) is 12.9. The Morgan fingerprint density at radius 1 is 1.04 bits per heavy atom. The second kappa shape index (κ2) is 6.41. The summed E-state index contributed by atoms with van der Waals surface area (Å²) in [4.78, 5) is 21.3. The van der Waals surface area contributed by atoms with Crippen LogP contribution in [0, 0.1) is 6.92 Å². The van der Waals surface area contributed by atoms with Gasteiger partial charge in [-0.15, -0.1) is 0 Å². The van der Waals surface area contributed by atoms with Crippen LogP contribution in [0.2, 0.25) is 0 Å². The zero-order valence-corrected chi connectivity index (χ0v) is 14.2. The number of hydrogen-bond donors (Lipinski definition) is 1. The van der Waals surface area contributed by atoms with Crippen LogP contribution in [0.5, 0.6) is 5.75 Å². The second-order valence-corrected chi connectivity index (χ2v) is 6.09. The Morgan fingerprint density at radius 3 is 2.73 bits per heavy atom. The van der Waals surface area contributed by atoms with Gasteiger partial charge in [-0.25, -0.2) is 9.97 Å². The Kier molecular flexibility index (Phi) is 3.93. The smallest absolute Gasteiger partial charge is 0.187 e. The summed E-state index contributed by atoms with van der Waals surface area (Å²) in [5.41, 5.74) is 2.41. The number of fused-ring (bicyclic) bond motifs is 2. The Balaban J connectivity index is 1.75. The summed E-state index contributed by atoms with van der Waals surface area (Å²) in [6.07, 6.45) is 4.82. The highest BCUT2D eigenvalue weighted by Crippen LogP contribution is 2.28. The number of allylic oxidation sites excluding steroid dienone is 1. The molecule has 0 saturated heterocycles. The van der Waals surface area contributed by atoms with Crippen LogP contribution in [-0.2, 0) is 0 Å². The first kappa shape index (κ1) is 16.0. The van der Waals surface area contributed by atoms with Crippen molar-refractivity contribution in [2.45, 2.75) is 6.92 Å². The molecule has 0 aliphatic heterocycles. The van der Waals surface area contributed by atoms with E-state index in [1.54, 1.807) is 31.3 Å². The molecule has 4 heteroatoms. The Bertz CT molecular complexity index is 1180. The number of nitrogens with zero attached hydrogens (tertiary/aromatic N) is 2. The van der Waals surface area contributed by atoms with Crippen LogP contribution in [0.4, 0.5) is 0 Å². The highest BCUT2D eigenvalue weighted by Gasteiger charge is 2.10. The fourth-order valence-electron chi connectivity index (χ4n) is 3.05. The highest BCUT2D eigenvalue weighted by molar-refractivity contribution is 6.10. The van der Waals surface area contributed by atoms with E-state index >= 15 is 0 Å². The molecule has 0 saturated carbocycles. The number of aryl methyl sites for hydroxylation is 1. The summed E-state index contributed by atoms with van der Waals surface area (Å²) in [7, 11) is 0. The van der Waals surface area contributed by atoms with Gasteiger partial charge in [-0.1, -0.05) is 30.3 Å². The average molecular weight is 340 g/mol. The molecule has 0 amide bonds. The van der Waals surface area contributed by atoms with E-state index in [4.69, 9.17) is 0 Å². The number of pyridine rings is 2. The third kappa shape index (κ3) is 2.82. The molecule has 1 N–H and O–H groups in total. The normalized spacial score (nSPS) is 11.4. The molecule has 0 aliphatic rings. The summed E-state index contributed by atoms with van der Waals surface area (Å²) in [6, 6.07) is 16.7. The maximum absolute atomic E-state index is 12.7. The van der Waals surface area contributed by atoms with Gasteiger partial charge in [-0.2, -0.15) is 0 Å². The van der Waals surface area contributed by atoms with Crippen molar-refractivity contribution in [1.29, 1.82) is 0 Å². The first-order valence-corrected chi connectivity index (χ1v) is 8.29. The minimum absolute atomic E-state index is 0.144. The number of hydrogen-bond acceptors (Lipinski definition) is 4. The van der Waals surface area contributed by atoms with E-state index in [0.29, 0.717) is 22.5 Å². The van der Waals surface area contributed by atoms with Crippen LogP contribution in [-0.4, -0.2) is 20.9 Å². The number of phenolic OH excluding ortho intramolecular Hbond substituents is 1. The maximum Gasteiger partial charge on any atom is 0.187 e. The van der Waals surface area contributed by atoms with E-state index in [9.17, 15) is 9.90 Å². The average Bonchev–Trinajstić information content (AvgIpc) is 2.66. The maximum atomic E-state index is 12.7. The van der Waals surface area contributed by atoms with E-state index < -0.39 is 0 Å². The monoisotopic (exact) mass is 340 g/mol. The van der Waals surface area contributed by atoms with Crippen LogP contribution in [0.1, 0.15) is 21.6 Å². The fourth-order valence-corrected chi connectivity index (χ4v) is 3.05.